The third-order valence-corrected chi connectivity index (χ3v) is 5.26. The highest BCUT2D eigenvalue weighted by Crippen LogP contribution is 2.15. The van der Waals surface area contributed by atoms with Crippen molar-refractivity contribution < 1.29 is 23.7 Å². The molecule has 9 heteroatoms. The molecule has 0 radical (unpaired) electrons. The molecule has 144 valence electrons. The number of ether oxygens (including phenoxy) is 1. The Kier molecular flexibility index (Phi) is 7.47. The summed E-state index contributed by atoms with van der Waals surface area (Å²) in [5, 5.41) is 11.4. The summed E-state index contributed by atoms with van der Waals surface area (Å²) in [5.74, 6) is -1.14. The van der Waals surface area contributed by atoms with E-state index >= 15 is 0 Å². The lowest BCUT2D eigenvalue weighted by atomic mass is 10.1. The summed E-state index contributed by atoms with van der Waals surface area (Å²) in [6.45, 7) is 0. The molecule has 0 aliphatic rings. The van der Waals surface area contributed by atoms with Crippen molar-refractivity contribution in [2.75, 3.05) is 12.9 Å². The van der Waals surface area contributed by atoms with E-state index < -0.39 is 34.7 Å². The van der Waals surface area contributed by atoms with Crippen LogP contribution < -0.4 is 21.3 Å². The van der Waals surface area contributed by atoms with Gasteiger partial charge in [0.05, 0.1) is 23.7 Å². The molecule has 0 spiro atoms. The first-order valence-electron chi connectivity index (χ1n) is 8.03. The Balaban J connectivity index is 2.09. The normalized spacial score (nSPS) is 13.9. The van der Waals surface area contributed by atoms with Crippen LogP contribution in [0.1, 0.15) is 11.6 Å². The van der Waals surface area contributed by atoms with Gasteiger partial charge in [-0.15, -0.1) is 0 Å². The van der Waals surface area contributed by atoms with E-state index in [0.29, 0.717) is 16.2 Å². The maximum absolute atomic E-state index is 12.5. The molecule has 27 heavy (non-hydrogen) atoms. The van der Waals surface area contributed by atoms with Gasteiger partial charge >= 0.3 is 0 Å². The minimum absolute atomic E-state index is 0.230. The van der Waals surface area contributed by atoms with E-state index in [9.17, 15) is 13.8 Å². The Morgan fingerprint density at radius 3 is 2.30 bits per heavy atom. The van der Waals surface area contributed by atoms with E-state index in [1.165, 1.54) is 12.6 Å². The maximum Gasteiger partial charge on any atom is 0.266 e. The molecular weight excluding hydrogens is 370 g/mol. The molecule has 3 atom stereocenters. The standard InChI is InChI=1S/C18H21N3O5S/c1-26-13-7-9-14(10-8-13)27(25)11-15(17(22)21-24)20-18(23)16(19)12-5-3-2-4-6-12/h2-10,15-16,24H,11,19H2,1H3,(H,20,23)(H,21,22). The van der Waals surface area contributed by atoms with E-state index in [4.69, 9.17) is 15.7 Å². The molecule has 0 saturated heterocycles. The molecule has 2 aromatic carbocycles. The molecule has 0 aromatic heterocycles. The first-order valence-corrected chi connectivity index (χ1v) is 9.35. The first kappa shape index (κ1) is 20.6. The van der Waals surface area contributed by atoms with Crippen molar-refractivity contribution in [3.63, 3.8) is 0 Å². The van der Waals surface area contributed by atoms with Crippen molar-refractivity contribution >= 4 is 22.6 Å². The zero-order chi connectivity index (χ0) is 19.8. The monoisotopic (exact) mass is 391 g/mol. The number of nitrogens with one attached hydrogen (secondary N) is 2. The molecule has 3 unspecified atom stereocenters. The van der Waals surface area contributed by atoms with Crippen LogP contribution in [0.4, 0.5) is 0 Å². The highest BCUT2D eigenvalue weighted by molar-refractivity contribution is 7.85. The number of carbonyl (C=O) groups is 2. The van der Waals surface area contributed by atoms with Crippen LogP contribution in [0.15, 0.2) is 59.5 Å². The third-order valence-electron chi connectivity index (χ3n) is 3.82. The molecule has 0 aliphatic carbocycles. The maximum atomic E-state index is 12.5. The predicted octanol–water partition coefficient (Wildman–Crippen LogP) is 0.493. The number of rotatable bonds is 8. The molecule has 0 heterocycles. The Bertz CT molecular complexity index is 798. The lowest BCUT2D eigenvalue weighted by Crippen LogP contribution is -2.51. The number of hydroxylamine groups is 1. The smallest absolute Gasteiger partial charge is 0.266 e. The third kappa shape index (κ3) is 5.61. The van der Waals surface area contributed by atoms with Gasteiger partial charge in [-0.25, -0.2) is 5.48 Å². The zero-order valence-corrected chi connectivity index (χ0v) is 15.4. The number of nitrogens with two attached hydrogens (primary N) is 1. The quantitative estimate of drug-likeness (QED) is 0.383. The van der Waals surface area contributed by atoms with Crippen molar-refractivity contribution in [3.05, 3.63) is 60.2 Å². The van der Waals surface area contributed by atoms with Crippen LogP contribution in [0.3, 0.4) is 0 Å². The minimum atomic E-state index is -1.60. The minimum Gasteiger partial charge on any atom is -0.497 e. The van der Waals surface area contributed by atoms with Gasteiger partial charge in [0.1, 0.15) is 17.8 Å². The van der Waals surface area contributed by atoms with Crippen molar-refractivity contribution in [1.82, 2.24) is 10.8 Å². The summed E-state index contributed by atoms with van der Waals surface area (Å²) in [6.07, 6.45) is 0. The fraction of sp³-hybridized carbons (Fsp3) is 0.222. The fourth-order valence-electron chi connectivity index (χ4n) is 2.31. The van der Waals surface area contributed by atoms with Crippen LogP contribution in [0.5, 0.6) is 5.75 Å². The molecule has 2 rings (SSSR count). The Morgan fingerprint density at radius 2 is 1.74 bits per heavy atom. The molecular formula is C18H21N3O5S. The Morgan fingerprint density at radius 1 is 1.11 bits per heavy atom. The van der Waals surface area contributed by atoms with Crippen LogP contribution in [-0.2, 0) is 20.4 Å². The second-order valence-corrected chi connectivity index (χ2v) is 7.11. The average molecular weight is 391 g/mol. The summed E-state index contributed by atoms with van der Waals surface area (Å²) in [7, 11) is -0.0901. The second kappa shape index (κ2) is 9.81. The van der Waals surface area contributed by atoms with Gasteiger partial charge in [0.25, 0.3) is 5.91 Å². The summed E-state index contributed by atoms with van der Waals surface area (Å²) in [4.78, 5) is 24.7. The summed E-state index contributed by atoms with van der Waals surface area (Å²) < 4.78 is 17.6. The summed E-state index contributed by atoms with van der Waals surface area (Å²) in [6, 6.07) is 12.9. The molecule has 5 N–H and O–H groups in total. The molecule has 0 saturated carbocycles. The number of amides is 2. The second-order valence-electron chi connectivity index (χ2n) is 5.61. The van der Waals surface area contributed by atoms with Crippen molar-refractivity contribution in [1.29, 1.82) is 0 Å². The van der Waals surface area contributed by atoms with Gasteiger partial charge in [-0.2, -0.15) is 0 Å². The van der Waals surface area contributed by atoms with Gasteiger partial charge in [0.2, 0.25) is 5.91 Å². The van der Waals surface area contributed by atoms with Gasteiger partial charge in [-0.05, 0) is 29.8 Å². The van der Waals surface area contributed by atoms with Crippen molar-refractivity contribution in [2.24, 2.45) is 5.73 Å². The van der Waals surface area contributed by atoms with E-state index in [1.807, 2.05) is 0 Å². The van der Waals surface area contributed by atoms with Crippen LogP contribution >= 0.6 is 0 Å². The zero-order valence-electron chi connectivity index (χ0n) is 14.6. The number of carbonyl (C=O) groups excluding carboxylic acids is 2. The van der Waals surface area contributed by atoms with Gasteiger partial charge < -0.3 is 15.8 Å². The molecule has 8 nitrogen and oxygen atoms in total. The van der Waals surface area contributed by atoms with E-state index in [0.717, 1.165) is 0 Å². The van der Waals surface area contributed by atoms with E-state index in [-0.39, 0.29) is 5.75 Å². The summed E-state index contributed by atoms with van der Waals surface area (Å²) >= 11 is 0. The van der Waals surface area contributed by atoms with E-state index in [1.54, 1.807) is 54.6 Å². The van der Waals surface area contributed by atoms with Gasteiger partial charge in [0.15, 0.2) is 0 Å². The Labute approximate surface area is 159 Å². The predicted molar refractivity (Wildman–Crippen MR) is 99.5 cm³/mol. The molecule has 0 bridgehead atoms. The number of methoxy groups -OCH3 is 1. The topological polar surface area (TPSA) is 131 Å². The van der Waals surface area contributed by atoms with Crippen LogP contribution in [0.2, 0.25) is 0 Å². The largest absolute Gasteiger partial charge is 0.497 e. The number of hydrogen-bond acceptors (Lipinski definition) is 6. The van der Waals surface area contributed by atoms with Crippen LogP contribution in [0, 0.1) is 0 Å². The van der Waals surface area contributed by atoms with E-state index in [2.05, 4.69) is 5.32 Å². The summed E-state index contributed by atoms with van der Waals surface area (Å²) in [5.41, 5.74) is 7.95. The molecule has 0 fully saturated rings. The first-order chi connectivity index (χ1) is 13.0. The molecule has 0 aliphatic heterocycles. The lowest BCUT2D eigenvalue weighted by molar-refractivity contribution is -0.134. The highest BCUT2D eigenvalue weighted by Gasteiger charge is 2.26. The fourth-order valence-corrected chi connectivity index (χ4v) is 3.48. The number of benzene rings is 2. The van der Waals surface area contributed by atoms with Gasteiger partial charge in [0, 0.05) is 4.90 Å². The van der Waals surface area contributed by atoms with Crippen LogP contribution in [0.25, 0.3) is 0 Å². The average Bonchev–Trinajstić information content (AvgIpc) is 2.72. The Hall–Kier alpha value is -2.75. The lowest BCUT2D eigenvalue weighted by Gasteiger charge is -2.19. The van der Waals surface area contributed by atoms with Crippen molar-refractivity contribution in [2.45, 2.75) is 17.0 Å². The van der Waals surface area contributed by atoms with Gasteiger partial charge in [-0.1, -0.05) is 30.3 Å². The SMILES string of the molecule is COc1ccc(S(=O)CC(NC(=O)C(N)c2ccccc2)C(=O)NO)cc1. The highest BCUT2D eigenvalue weighted by atomic mass is 32.2. The molecule has 2 aromatic rings. The molecule has 2 amide bonds. The van der Waals surface area contributed by atoms with Crippen LogP contribution in [-0.4, -0.2) is 40.1 Å². The van der Waals surface area contributed by atoms with Crippen molar-refractivity contribution in [3.8, 4) is 5.75 Å². The number of hydrogen-bond donors (Lipinski definition) is 4. The van der Waals surface area contributed by atoms with Gasteiger partial charge in [-0.3, -0.25) is 19.0 Å².